The average Bonchev–Trinajstić information content (AvgIpc) is 3.28. The van der Waals surface area contributed by atoms with Crippen LogP contribution in [0.2, 0.25) is 0 Å². The molecule has 6 aliphatic rings. The Balaban J connectivity index is 0.000000216. The molecule has 3 saturated heterocycles. The molecule has 66 heavy (non-hydrogen) atoms. The summed E-state index contributed by atoms with van der Waals surface area (Å²) in [6.45, 7) is 15.9. The predicted molar refractivity (Wildman–Crippen MR) is 237 cm³/mol. The van der Waals surface area contributed by atoms with Crippen LogP contribution in [0.15, 0.2) is 36.5 Å². The van der Waals surface area contributed by atoms with E-state index in [9.17, 15) is 14.4 Å². The van der Waals surface area contributed by atoms with E-state index in [1.807, 2.05) is 39.0 Å². The minimum atomic E-state index is -1.20. The Morgan fingerprint density at radius 1 is 0.379 bits per heavy atom. The lowest BCUT2D eigenvalue weighted by atomic mass is 10.00. The van der Waals surface area contributed by atoms with Crippen molar-refractivity contribution in [3.8, 4) is 0 Å². The predicted octanol–water partition coefficient (Wildman–Crippen LogP) is 6.50. The summed E-state index contributed by atoms with van der Waals surface area (Å²) in [7, 11) is 9.08. The fraction of sp³-hybridized carbons (Fsp3) is 0.812. The summed E-state index contributed by atoms with van der Waals surface area (Å²) in [6.07, 6.45) is 14.3. The number of rotatable bonds is 6. The molecule has 0 aliphatic carbocycles. The van der Waals surface area contributed by atoms with Crippen molar-refractivity contribution in [2.45, 2.75) is 210 Å². The Kier molecular flexibility index (Phi) is 20.0. The molecule has 6 heterocycles. The van der Waals surface area contributed by atoms with Crippen LogP contribution in [0, 0.1) is 0 Å². The lowest BCUT2D eigenvalue weighted by molar-refractivity contribution is -0.444. The van der Waals surface area contributed by atoms with Gasteiger partial charge in [-0.25, -0.2) is 14.4 Å². The minimum Gasteiger partial charge on any atom is -0.460 e. The van der Waals surface area contributed by atoms with Gasteiger partial charge in [-0.2, -0.15) is 0 Å². The van der Waals surface area contributed by atoms with Crippen molar-refractivity contribution in [2.24, 2.45) is 0 Å². The van der Waals surface area contributed by atoms with Crippen molar-refractivity contribution in [3.63, 3.8) is 0 Å². The minimum absolute atomic E-state index is 0.198. The smallest absolute Gasteiger partial charge is 0.338 e. The van der Waals surface area contributed by atoms with Gasteiger partial charge in [-0.15, -0.1) is 0 Å². The van der Waals surface area contributed by atoms with Gasteiger partial charge >= 0.3 is 17.9 Å². The summed E-state index contributed by atoms with van der Waals surface area (Å²) >= 11 is 0. The van der Waals surface area contributed by atoms with Gasteiger partial charge in [0.25, 0.3) is 0 Å². The molecule has 0 spiro atoms. The van der Waals surface area contributed by atoms with Crippen LogP contribution >= 0.6 is 0 Å². The second-order valence-corrected chi connectivity index (χ2v) is 18.1. The molecule has 378 valence electrons. The lowest BCUT2D eigenvalue weighted by Gasteiger charge is -2.51. The van der Waals surface area contributed by atoms with Crippen LogP contribution in [-0.2, 0) is 85.4 Å². The first-order valence-corrected chi connectivity index (χ1v) is 23.0. The first-order chi connectivity index (χ1) is 31.0. The molecule has 0 aromatic heterocycles. The van der Waals surface area contributed by atoms with Crippen molar-refractivity contribution in [1.29, 1.82) is 0 Å². The van der Waals surface area contributed by atoms with Crippen LogP contribution in [0.5, 0.6) is 0 Å². The van der Waals surface area contributed by atoms with Gasteiger partial charge < -0.3 is 71.1 Å². The Labute approximate surface area is 391 Å². The van der Waals surface area contributed by atoms with Crippen molar-refractivity contribution >= 4 is 17.9 Å². The van der Waals surface area contributed by atoms with Crippen molar-refractivity contribution in [3.05, 3.63) is 36.5 Å². The van der Waals surface area contributed by atoms with E-state index in [0.29, 0.717) is 38.5 Å². The highest BCUT2D eigenvalue weighted by atomic mass is 16.8. The summed E-state index contributed by atoms with van der Waals surface area (Å²) in [5, 5.41) is 0. The van der Waals surface area contributed by atoms with Crippen molar-refractivity contribution < 1.29 is 85.4 Å². The first kappa shape index (κ1) is 55.7. The van der Waals surface area contributed by atoms with E-state index in [4.69, 9.17) is 71.1 Å². The molecule has 15 atom stereocenters. The normalized spacial score (nSPS) is 44.8. The molecule has 0 radical (unpaired) electrons. The lowest BCUT2D eigenvalue weighted by Crippen LogP contribution is -2.66. The summed E-state index contributed by atoms with van der Waals surface area (Å²) in [5.74, 6) is -8.20. The van der Waals surface area contributed by atoms with Gasteiger partial charge in [-0.1, -0.05) is 36.5 Å². The largest absolute Gasteiger partial charge is 0.460 e. The molecule has 18 nitrogen and oxygen atoms in total. The quantitative estimate of drug-likeness (QED) is 0.159. The molecule has 0 aromatic rings. The second-order valence-electron chi connectivity index (χ2n) is 18.1. The standard InChI is InChI=1S/3C16H26O6/c3*1-11-9-7-6-8-10-12-13(14(17)20-11)22-16(3,19-5)15(2,18-4)21-12/h3*6-7,11-13H,8-10H2,1-5H3/b3*7-6-/t3*11-,12+,13-,15-,16-/m111/s1. The maximum Gasteiger partial charge on any atom is 0.338 e. The molecular formula is C48H78O18. The van der Waals surface area contributed by atoms with Gasteiger partial charge in [0.1, 0.15) is 18.3 Å². The third-order valence-electron chi connectivity index (χ3n) is 13.4. The molecular weight excluding hydrogens is 865 g/mol. The molecule has 18 heteroatoms. The van der Waals surface area contributed by atoms with E-state index in [1.54, 1.807) is 41.5 Å². The van der Waals surface area contributed by atoms with Crippen LogP contribution in [-0.4, -0.2) is 150 Å². The number of allylic oxidation sites excluding steroid dienone is 3. The molecule has 0 aromatic carbocycles. The Bertz CT molecular complexity index is 1500. The van der Waals surface area contributed by atoms with E-state index >= 15 is 0 Å². The zero-order valence-corrected chi connectivity index (χ0v) is 41.9. The van der Waals surface area contributed by atoms with E-state index in [-0.39, 0.29) is 18.3 Å². The zero-order valence-electron chi connectivity index (χ0n) is 41.9. The van der Waals surface area contributed by atoms with Crippen LogP contribution in [0.3, 0.4) is 0 Å². The highest BCUT2D eigenvalue weighted by molar-refractivity contribution is 5.77. The fourth-order valence-corrected chi connectivity index (χ4v) is 8.22. The number of hydrogen-bond donors (Lipinski definition) is 0. The number of ether oxygens (including phenoxy) is 15. The van der Waals surface area contributed by atoms with Gasteiger partial charge in [-0.05, 0) is 101 Å². The molecule has 0 bridgehead atoms. The van der Waals surface area contributed by atoms with E-state index < -0.39 is 89.3 Å². The van der Waals surface area contributed by atoms with Gasteiger partial charge in [-0.3, -0.25) is 0 Å². The Morgan fingerprint density at radius 3 is 0.803 bits per heavy atom. The molecule has 0 saturated carbocycles. The number of methoxy groups -OCH3 is 6. The van der Waals surface area contributed by atoms with E-state index in [2.05, 4.69) is 18.2 Å². The fourth-order valence-electron chi connectivity index (χ4n) is 8.22. The van der Waals surface area contributed by atoms with Crippen LogP contribution < -0.4 is 0 Å². The Hall–Kier alpha value is -2.85. The third kappa shape index (κ3) is 12.7. The maximum atomic E-state index is 12.4. The topological polar surface area (TPSA) is 190 Å². The summed E-state index contributed by atoms with van der Waals surface area (Å²) in [5.41, 5.74) is 0. The molecule has 6 aliphatic heterocycles. The molecule has 3 fully saturated rings. The highest BCUT2D eigenvalue weighted by Gasteiger charge is 2.61. The first-order valence-electron chi connectivity index (χ1n) is 23.0. The number of hydrogen-bond acceptors (Lipinski definition) is 18. The maximum absolute atomic E-state index is 12.4. The summed E-state index contributed by atoms with van der Waals surface area (Å²) < 4.78 is 85.1. The molecule has 6 rings (SSSR count). The SMILES string of the molecule is CO[C@]1(C)O[C@H]2CC/C=C\C[C@@H](C)OC(=O)[C@@H]2O[C@@]1(C)OC.CO[C@]1(C)O[C@H]2CC/C=C\C[C@@H](C)OC(=O)[C@@H]2O[C@@]1(C)OC.CO[C@]1(C)O[C@H]2CC/C=C\C[C@@H](C)OC(=O)[C@@H]2O[C@@]1(C)OC. The highest BCUT2D eigenvalue weighted by Crippen LogP contribution is 2.43. The molecule has 0 N–H and O–H groups in total. The third-order valence-corrected chi connectivity index (χ3v) is 13.4. The Morgan fingerprint density at radius 2 is 0.591 bits per heavy atom. The molecule has 0 unspecified atom stereocenters. The number of carbonyl (C=O) groups is 3. The van der Waals surface area contributed by atoms with Crippen molar-refractivity contribution in [2.75, 3.05) is 42.7 Å². The van der Waals surface area contributed by atoms with Crippen LogP contribution in [0.1, 0.15) is 120 Å². The monoisotopic (exact) mass is 943 g/mol. The zero-order chi connectivity index (χ0) is 49.1. The molecule has 0 amide bonds. The van der Waals surface area contributed by atoms with Crippen molar-refractivity contribution in [1.82, 2.24) is 0 Å². The number of carbonyl (C=O) groups excluding carboxylic acids is 3. The van der Waals surface area contributed by atoms with Gasteiger partial charge in [0.2, 0.25) is 34.7 Å². The number of esters is 3. The average molecular weight is 943 g/mol. The van der Waals surface area contributed by atoms with Crippen LogP contribution in [0.4, 0.5) is 0 Å². The summed E-state index contributed by atoms with van der Waals surface area (Å²) in [6, 6.07) is 0. The van der Waals surface area contributed by atoms with E-state index in [0.717, 1.165) is 19.3 Å². The summed E-state index contributed by atoms with van der Waals surface area (Å²) in [4.78, 5) is 37.3. The van der Waals surface area contributed by atoms with Gasteiger partial charge in [0, 0.05) is 61.9 Å². The number of cyclic esters (lactones) is 3. The van der Waals surface area contributed by atoms with Gasteiger partial charge in [0.05, 0.1) is 18.3 Å². The van der Waals surface area contributed by atoms with E-state index in [1.165, 1.54) is 42.7 Å². The van der Waals surface area contributed by atoms with Gasteiger partial charge in [0.15, 0.2) is 18.3 Å². The van der Waals surface area contributed by atoms with Crippen LogP contribution in [0.25, 0.3) is 0 Å². The number of fused-ring (bicyclic) bond motifs is 3. The second kappa shape index (κ2) is 23.6.